The Bertz CT molecular complexity index is 759. The van der Waals surface area contributed by atoms with Gasteiger partial charge in [0, 0.05) is 0 Å². The number of aryl methyl sites for hydroxylation is 2. The third-order valence-corrected chi connectivity index (χ3v) is 4.61. The first-order chi connectivity index (χ1) is 12.4. The van der Waals surface area contributed by atoms with Gasteiger partial charge in [0.05, 0.1) is 11.0 Å². The van der Waals surface area contributed by atoms with E-state index in [1.54, 1.807) is 0 Å². The number of ether oxygens (including phenoxy) is 2. The Morgan fingerprint density at radius 3 is 2.46 bits per heavy atom. The molecule has 0 saturated heterocycles. The molecular weight excluding hydrogens is 394 g/mol. The summed E-state index contributed by atoms with van der Waals surface area (Å²) in [6, 6.07) is 12.0. The lowest BCUT2D eigenvalue weighted by Crippen LogP contribution is -2.32. The summed E-state index contributed by atoms with van der Waals surface area (Å²) in [5.74, 6) is 1.78. The number of halogens is 1. The largest absolute Gasteiger partial charge is 0.491 e. The van der Waals surface area contributed by atoms with Gasteiger partial charge < -0.3 is 14.8 Å². The molecule has 0 bridgehead atoms. The lowest BCUT2D eigenvalue weighted by atomic mass is 10.0. The first-order valence-electron chi connectivity index (χ1n) is 8.76. The number of hydrogen-bond acceptors (Lipinski definition) is 3. The summed E-state index contributed by atoms with van der Waals surface area (Å²) in [6.45, 7) is 9.16. The Morgan fingerprint density at radius 1 is 1.08 bits per heavy atom. The SMILES string of the molecule is Cc1ccc(OCCNC(=O)COc2ccc(C(C)C)cc2Br)c(C)c1. The average Bonchev–Trinajstić information content (AvgIpc) is 2.59. The summed E-state index contributed by atoms with van der Waals surface area (Å²) < 4.78 is 12.1. The molecule has 0 heterocycles. The van der Waals surface area contributed by atoms with E-state index in [1.807, 2.05) is 44.2 Å². The molecule has 2 rings (SSSR count). The van der Waals surface area contributed by atoms with Crippen molar-refractivity contribution in [3.63, 3.8) is 0 Å². The van der Waals surface area contributed by atoms with Crippen molar-refractivity contribution >= 4 is 21.8 Å². The zero-order valence-electron chi connectivity index (χ0n) is 15.8. The standard InChI is InChI=1S/C21H26BrNO3/c1-14(2)17-6-8-20(18(22)12-17)26-13-21(24)23-9-10-25-19-7-5-15(3)11-16(19)4/h5-8,11-12,14H,9-10,13H2,1-4H3,(H,23,24). The van der Waals surface area contributed by atoms with Gasteiger partial charge in [0.15, 0.2) is 6.61 Å². The summed E-state index contributed by atoms with van der Waals surface area (Å²) in [7, 11) is 0. The van der Waals surface area contributed by atoms with Crippen LogP contribution in [0.25, 0.3) is 0 Å². The normalized spacial score (nSPS) is 10.7. The topological polar surface area (TPSA) is 47.6 Å². The lowest BCUT2D eigenvalue weighted by Gasteiger charge is -2.12. The zero-order chi connectivity index (χ0) is 19.1. The molecule has 2 aromatic rings. The van der Waals surface area contributed by atoms with Gasteiger partial charge in [-0.2, -0.15) is 0 Å². The molecule has 1 N–H and O–H groups in total. The smallest absolute Gasteiger partial charge is 0.258 e. The molecule has 140 valence electrons. The van der Waals surface area contributed by atoms with E-state index in [4.69, 9.17) is 9.47 Å². The van der Waals surface area contributed by atoms with Crippen LogP contribution in [-0.2, 0) is 4.79 Å². The Balaban J connectivity index is 1.72. The Hall–Kier alpha value is -2.01. The lowest BCUT2D eigenvalue weighted by molar-refractivity contribution is -0.123. The fraction of sp³-hybridized carbons (Fsp3) is 0.381. The molecule has 2 aromatic carbocycles. The van der Waals surface area contributed by atoms with Gasteiger partial charge in [-0.1, -0.05) is 37.6 Å². The molecule has 0 radical (unpaired) electrons. The molecule has 0 saturated carbocycles. The van der Waals surface area contributed by atoms with Gasteiger partial charge in [0.1, 0.15) is 18.1 Å². The summed E-state index contributed by atoms with van der Waals surface area (Å²) in [5, 5.41) is 2.80. The number of hydrogen-bond donors (Lipinski definition) is 1. The van der Waals surface area contributed by atoms with E-state index in [2.05, 4.69) is 41.2 Å². The number of carbonyl (C=O) groups is 1. The quantitative estimate of drug-likeness (QED) is 0.627. The second-order valence-electron chi connectivity index (χ2n) is 6.60. The molecule has 0 unspecified atom stereocenters. The Labute approximate surface area is 164 Å². The van der Waals surface area contributed by atoms with Crippen LogP contribution in [0.2, 0.25) is 0 Å². The van der Waals surface area contributed by atoms with E-state index in [0.717, 1.165) is 15.8 Å². The third-order valence-electron chi connectivity index (χ3n) is 3.99. The molecule has 0 aromatic heterocycles. The van der Waals surface area contributed by atoms with Crippen LogP contribution >= 0.6 is 15.9 Å². The fourth-order valence-corrected chi connectivity index (χ4v) is 3.01. The van der Waals surface area contributed by atoms with Gasteiger partial charge in [-0.05, 0) is 65.0 Å². The van der Waals surface area contributed by atoms with Crippen LogP contribution in [0.5, 0.6) is 11.5 Å². The highest BCUT2D eigenvalue weighted by Gasteiger charge is 2.08. The van der Waals surface area contributed by atoms with Crippen LogP contribution in [-0.4, -0.2) is 25.7 Å². The van der Waals surface area contributed by atoms with E-state index in [0.29, 0.717) is 24.8 Å². The summed E-state index contributed by atoms with van der Waals surface area (Å²) in [5.41, 5.74) is 3.51. The van der Waals surface area contributed by atoms with Crippen molar-refractivity contribution in [3.8, 4) is 11.5 Å². The summed E-state index contributed by atoms with van der Waals surface area (Å²) in [4.78, 5) is 11.9. The second-order valence-corrected chi connectivity index (χ2v) is 7.45. The average molecular weight is 420 g/mol. The van der Waals surface area contributed by atoms with Crippen molar-refractivity contribution in [1.82, 2.24) is 5.32 Å². The van der Waals surface area contributed by atoms with Gasteiger partial charge in [-0.15, -0.1) is 0 Å². The maximum atomic E-state index is 11.9. The molecule has 4 nitrogen and oxygen atoms in total. The van der Waals surface area contributed by atoms with Crippen molar-refractivity contribution in [1.29, 1.82) is 0 Å². The van der Waals surface area contributed by atoms with Crippen molar-refractivity contribution in [2.75, 3.05) is 19.8 Å². The van der Waals surface area contributed by atoms with E-state index < -0.39 is 0 Å². The van der Waals surface area contributed by atoms with Crippen molar-refractivity contribution in [2.45, 2.75) is 33.6 Å². The van der Waals surface area contributed by atoms with Crippen LogP contribution in [0, 0.1) is 13.8 Å². The van der Waals surface area contributed by atoms with Crippen LogP contribution in [0.1, 0.15) is 36.5 Å². The number of nitrogens with one attached hydrogen (secondary N) is 1. The fourth-order valence-electron chi connectivity index (χ4n) is 2.50. The number of carbonyl (C=O) groups excluding carboxylic acids is 1. The highest BCUT2D eigenvalue weighted by molar-refractivity contribution is 9.10. The van der Waals surface area contributed by atoms with Crippen LogP contribution in [0.15, 0.2) is 40.9 Å². The van der Waals surface area contributed by atoms with Crippen LogP contribution in [0.4, 0.5) is 0 Å². The van der Waals surface area contributed by atoms with Crippen LogP contribution < -0.4 is 14.8 Å². The molecule has 0 atom stereocenters. The van der Waals surface area contributed by atoms with Crippen molar-refractivity contribution < 1.29 is 14.3 Å². The zero-order valence-corrected chi connectivity index (χ0v) is 17.4. The van der Waals surface area contributed by atoms with E-state index >= 15 is 0 Å². The first-order valence-corrected chi connectivity index (χ1v) is 9.55. The third kappa shape index (κ3) is 6.06. The number of amides is 1. The van der Waals surface area contributed by atoms with Crippen molar-refractivity contribution in [3.05, 3.63) is 57.6 Å². The van der Waals surface area contributed by atoms with E-state index in [-0.39, 0.29) is 12.5 Å². The maximum Gasteiger partial charge on any atom is 0.258 e. The predicted molar refractivity (Wildman–Crippen MR) is 108 cm³/mol. The summed E-state index contributed by atoms with van der Waals surface area (Å²) >= 11 is 3.49. The van der Waals surface area contributed by atoms with Gasteiger partial charge in [0.2, 0.25) is 0 Å². The first kappa shape index (κ1) is 20.3. The monoisotopic (exact) mass is 419 g/mol. The number of benzene rings is 2. The molecule has 0 aliphatic carbocycles. The molecule has 26 heavy (non-hydrogen) atoms. The molecule has 0 spiro atoms. The summed E-state index contributed by atoms with van der Waals surface area (Å²) in [6.07, 6.45) is 0. The van der Waals surface area contributed by atoms with E-state index in [1.165, 1.54) is 11.1 Å². The minimum atomic E-state index is -0.172. The van der Waals surface area contributed by atoms with Gasteiger partial charge in [-0.25, -0.2) is 0 Å². The molecule has 5 heteroatoms. The predicted octanol–water partition coefficient (Wildman–Crippen LogP) is 4.76. The minimum absolute atomic E-state index is 0.0246. The van der Waals surface area contributed by atoms with E-state index in [9.17, 15) is 4.79 Å². The molecule has 1 amide bonds. The minimum Gasteiger partial charge on any atom is -0.491 e. The van der Waals surface area contributed by atoms with Gasteiger partial charge in [-0.3, -0.25) is 4.79 Å². The van der Waals surface area contributed by atoms with Crippen molar-refractivity contribution in [2.24, 2.45) is 0 Å². The molecule has 0 fully saturated rings. The highest BCUT2D eigenvalue weighted by atomic mass is 79.9. The van der Waals surface area contributed by atoms with Gasteiger partial charge >= 0.3 is 0 Å². The van der Waals surface area contributed by atoms with Gasteiger partial charge in [0.25, 0.3) is 5.91 Å². The second kappa shape index (κ2) is 9.62. The Morgan fingerprint density at radius 2 is 1.81 bits per heavy atom. The van der Waals surface area contributed by atoms with Crippen LogP contribution in [0.3, 0.4) is 0 Å². The molecule has 0 aliphatic rings. The maximum absolute atomic E-state index is 11.9. The molecular formula is C21H26BrNO3. The number of rotatable bonds is 8. The Kier molecular flexibility index (Phi) is 7.51. The highest BCUT2D eigenvalue weighted by Crippen LogP contribution is 2.28. The molecule has 0 aliphatic heterocycles.